The molecule has 8 heteroatoms. The van der Waals surface area contributed by atoms with Crippen LogP contribution in [0.2, 0.25) is 0 Å². The van der Waals surface area contributed by atoms with Crippen molar-refractivity contribution < 1.29 is 23.5 Å². The van der Waals surface area contributed by atoms with E-state index < -0.39 is 5.91 Å². The van der Waals surface area contributed by atoms with Gasteiger partial charge in [-0.1, -0.05) is 54.6 Å². The molecule has 1 aliphatic heterocycles. The van der Waals surface area contributed by atoms with Gasteiger partial charge in [0.15, 0.2) is 11.5 Å². The molecular formula is C30H23BrFNO4S. The van der Waals surface area contributed by atoms with Crippen LogP contribution in [0.15, 0.2) is 88.2 Å². The van der Waals surface area contributed by atoms with Crippen molar-refractivity contribution in [1.82, 2.24) is 4.90 Å². The van der Waals surface area contributed by atoms with E-state index in [0.717, 1.165) is 33.0 Å². The number of hydrogen-bond donors (Lipinski definition) is 0. The zero-order chi connectivity index (χ0) is 26.6. The third kappa shape index (κ3) is 5.61. The SMILES string of the molecule is CCOc1cc(/C=C2\SC(=O)N(Cc3ccc(F)cc3)C2=O)cc(Br)c1OCc1cccc2ccccc12. The van der Waals surface area contributed by atoms with Crippen molar-refractivity contribution in [2.45, 2.75) is 20.1 Å². The normalized spacial score (nSPS) is 14.5. The van der Waals surface area contributed by atoms with E-state index in [1.807, 2.05) is 37.3 Å². The molecule has 38 heavy (non-hydrogen) atoms. The Balaban J connectivity index is 1.38. The van der Waals surface area contributed by atoms with E-state index in [4.69, 9.17) is 9.47 Å². The smallest absolute Gasteiger partial charge is 0.293 e. The Morgan fingerprint density at radius 1 is 0.974 bits per heavy atom. The predicted octanol–water partition coefficient (Wildman–Crippen LogP) is 7.96. The van der Waals surface area contributed by atoms with Crippen molar-refractivity contribution in [1.29, 1.82) is 0 Å². The van der Waals surface area contributed by atoms with Crippen LogP contribution in [0.1, 0.15) is 23.6 Å². The minimum atomic E-state index is -0.394. The highest BCUT2D eigenvalue weighted by molar-refractivity contribution is 9.10. The molecule has 0 saturated carbocycles. The van der Waals surface area contributed by atoms with Crippen molar-refractivity contribution in [2.75, 3.05) is 6.61 Å². The summed E-state index contributed by atoms with van der Waals surface area (Å²) in [5.74, 6) is 0.318. The first kappa shape index (κ1) is 26.0. The lowest BCUT2D eigenvalue weighted by Gasteiger charge is -2.16. The van der Waals surface area contributed by atoms with Crippen LogP contribution in [0, 0.1) is 5.82 Å². The lowest BCUT2D eigenvalue weighted by molar-refractivity contribution is -0.123. The molecule has 1 saturated heterocycles. The zero-order valence-electron chi connectivity index (χ0n) is 20.4. The van der Waals surface area contributed by atoms with Gasteiger partial charge in [0.05, 0.1) is 22.5 Å². The van der Waals surface area contributed by atoms with Gasteiger partial charge in [-0.2, -0.15) is 0 Å². The predicted molar refractivity (Wildman–Crippen MR) is 152 cm³/mol. The summed E-state index contributed by atoms with van der Waals surface area (Å²) in [7, 11) is 0. The summed E-state index contributed by atoms with van der Waals surface area (Å²) in [5.41, 5.74) is 2.41. The molecule has 0 radical (unpaired) electrons. The summed E-state index contributed by atoms with van der Waals surface area (Å²) in [6, 6.07) is 23.6. The average molecular weight is 592 g/mol. The molecule has 0 bridgehead atoms. The van der Waals surface area contributed by atoms with Crippen LogP contribution in [-0.2, 0) is 17.9 Å². The Bertz CT molecular complexity index is 1550. The molecule has 4 aromatic carbocycles. The number of fused-ring (bicyclic) bond motifs is 1. The number of nitrogens with zero attached hydrogens (tertiary/aromatic N) is 1. The number of halogens is 2. The monoisotopic (exact) mass is 591 g/mol. The van der Waals surface area contributed by atoms with Gasteiger partial charge in [-0.05, 0) is 92.4 Å². The van der Waals surface area contributed by atoms with Crippen molar-refractivity contribution in [3.8, 4) is 11.5 Å². The van der Waals surface area contributed by atoms with Gasteiger partial charge >= 0.3 is 0 Å². The quantitative estimate of drug-likeness (QED) is 0.194. The topological polar surface area (TPSA) is 55.8 Å². The maximum atomic E-state index is 13.2. The lowest BCUT2D eigenvalue weighted by Crippen LogP contribution is -2.27. The number of carbonyl (C=O) groups excluding carboxylic acids is 2. The van der Waals surface area contributed by atoms with E-state index in [1.165, 1.54) is 12.1 Å². The Morgan fingerprint density at radius 2 is 1.74 bits per heavy atom. The average Bonchev–Trinajstić information content (AvgIpc) is 3.17. The van der Waals surface area contributed by atoms with Crippen LogP contribution < -0.4 is 9.47 Å². The second kappa shape index (κ2) is 11.4. The fourth-order valence-corrected chi connectivity index (χ4v) is 5.62. The molecule has 5 rings (SSSR count). The minimum Gasteiger partial charge on any atom is -0.490 e. The maximum absolute atomic E-state index is 13.2. The van der Waals surface area contributed by atoms with Crippen LogP contribution in [0.25, 0.3) is 16.8 Å². The molecule has 1 fully saturated rings. The van der Waals surface area contributed by atoms with Crippen LogP contribution in [0.5, 0.6) is 11.5 Å². The summed E-state index contributed by atoms with van der Waals surface area (Å²) in [5, 5.41) is 1.89. The number of hydrogen-bond acceptors (Lipinski definition) is 5. The highest BCUT2D eigenvalue weighted by atomic mass is 79.9. The molecule has 0 unspecified atom stereocenters. The fraction of sp³-hybridized carbons (Fsp3) is 0.133. The van der Waals surface area contributed by atoms with Crippen molar-refractivity contribution >= 4 is 55.7 Å². The second-order valence-corrected chi connectivity index (χ2v) is 10.4. The van der Waals surface area contributed by atoms with Gasteiger partial charge in [0.25, 0.3) is 11.1 Å². The minimum absolute atomic E-state index is 0.0805. The Hall–Kier alpha value is -3.62. The van der Waals surface area contributed by atoms with E-state index in [2.05, 4.69) is 34.1 Å². The fourth-order valence-electron chi connectivity index (χ4n) is 4.20. The van der Waals surface area contributed by atoms with Gasteiger partial charge in [-0.15, -0.1) is 0 Å². The van der Waals surface area contributed by atoms with Gasteiger partial charge < -0.3 is 9.47 Å². The Kier molecular flexibility index (Phi) is 7.81. The number of carbonyl (C=O) groups is 2. The zero-order valence-corrected chi connectivity index (χ0v) is 22.9. The molecule has 4 aromatic rings. The highest BCUT2D eigenvalue weighted by Gasteiger charge is 2.35. The number of thioether (sulfide) groups is 1. The van der Waals surface area contributed by atoms with Crippen LogP contribution >= 0.6 is 27.7 Å². The molecule has 0 aliphatic carbocycles. The number of benzene rings is 4. The lowest BCUT2D eigenvalue weighted by atomic mass is 10.1. The van der Waals surface area contributed by atoms with E-state index in [1.54, 1.807) is 24.3 Å². The van der Waals surface area contributed by atoms with E-state index in [9.17, 15) is 14.0 Å². The first-order valence-corrected chi connectivity index (χ1v) is 13.6. The summed E-state index contributed by atoms with van der Waals surface area (Å²) >= 11 is 4.47. The number of ether oxygens (including phenoxy) is 2. The Labute approximate surface area is 232 Å². The van der Waals surface area contributed by atoms with Gasteiger partial charge in [-0.3, -0.25) is 14.5 Å². The molecule has 0 spiro atoms. The molecule has 1 aliphatic rings. The summed E-state index contributed by atoms with van der Waals surface area (Å²) in [6.07, 6.45) is 1.66. The number of imide groups is 1. The van der Waals surface area contributed by atoms with Crippen molar-refractivity contribution in [3.63, 3.8) is 0 Å². The molecule has 2 amide bonds. The molecule has 0 atom stereocenters. The number of amides is 2. The van der Waals surface area contributed by atoms with E-state index in [-0.39, 0.29) is 17.6 Å². The first-order chi connectivity index (χ1) is 18.4. The Morgan fingerprint density at radius 3 is 2.53 bits per heavy atom. The van der Waals surface area contributed by atoms with Gasteiger partial charge in [0.1, 0.15) is 12.4 Å². The first-order valence-electron chi connectivity index (χ1n) is 12.0. The van der Waals surface area contributed by atoms with Crippen molar-refractivity contribution in [2.24, 2.45) is 0 Å². The van der Waals surface area contributed by atoms with E-state index >= 15 is 0 Å². The summed E-state index contributed by atoms with van der Waals surface area (Å²) in [4.78, 5) is 27.0. The summed E-state index contributed by atoms with van der Waals surface area (Å²) in [6.45, 7) is 2.74. The van der Waals surface area contributed by atoms with Crippen LogP contribution in [0.3, 0.4) is 0 Å². The number of rotatable bonds is 8. The molecular weight excluding hydrogens is 569 g/mol. The highest BCUT2D eigenvalue weighted by Crippen LogP contribution is 2.40. The van der Waals surface area contributed by atoms with Gasteiger partial charge in [-0.25, -0.2) is 4.39 Å². The van der Waals surface area contributed by atoms with Crippen molar-refractivity contribution in [3.05, 3.63) is 111 Å². The second-order valence-electron chi connectivity index (χ2n) is 8.58. The molecule has 192 valence electrons. The van der Waals surface area contributed by atoms with Crippen LogP contribution in [-0.4, -0.2) is 22.7 Å². The van der Waals surface area contributed by atoms with Gasteiger partial charge in [0, 0.05) is 0 Å². The largest absolute Gasteiger partial charge is 0.490 e. The summed E-state index contributed by atoms with van der Waals surface area (Å²) < 4.78 is 26.0. The third-order valence-electron chi connectivity index (χ3n) is 6.01. The van der Waals surface area contributed by atoms with E-state index in [0.29, 0.717) is 45.2 Å². The molecule has 5 nitrogen and oxygen atoms in total. The third-order valence-corrected chi connectivity index (χ3v) is 7.51. The maximum Gasteiger partial charge on any atom is 0.293 e. The molecule has 0 aromatic heterocycles. The van der Waals surface area contributed by atoms with Crippen LogP contribution in [0.4, 0.5) is 9.18 Å². The standard InChI is InChI=1S/C30H23BrFNO4S/c1-2-36-26-15-20(16-27-29(34)33(30(35)38-27)17-19-10-12-23(32)13-11-19)14-25(31)28(26)37-18-22-8-5-7-21-6-3-4-9-24(21)22/h3-16H,2,17-18H2,1H3/b27-16-. The molecule has 1 heterocycles. The molecule has 0 N–H and O–H groups in total. The van der Waals surface area contributed by atoms with Gasteiger partial charge in [0.2, 0.25) is 0 Å².